The molecule has 0 bridgehead atoms. The van der Waals surface area contributed by atoms with E-state index in [2.05, 4.69) is 62.6 Å². The van der Waals surface area contributed by atoms with Crippen molar-refractivity contribution >= 4 is 32.8 Å². The number of carbonyl (C=O) groups excluding carboxylic acids is 3. The summed E-state index contributed by atoms with van der Waals surface area (Å²) in [5.41, 5.74) is 1.70. The Balaban J connectivity index is 2.32. The van der Waals surface area contributed by atoms with Crippen molar-refractivity contribution in [2.75, 3.05) is 6.54 Å². The molecule has 1 aliphatic heterocycles. The van der Waals surface area contributed by atoms with Crippen LogP contribution in [-0.4, -0.2) is 53.9 Å². The molecule has 0 aliphatic carbocycles. The quantitative estimate of drug-likeness (QED) is 0.511. The summed E-state index contributed by atoms with van der Waals surface area (Å²) in [6.07, 6.45) is 4.34. The lowest BCUT2D eigenvalue weighted by molar-refractivity contribution is -0.147. The molecule has 2 rings (SSSR count). The first-order chi connectivity index (χ1) is 14.3. The Labute approximate surface area is 186 Å². The molecule has 1 aromatic heterocycles. The number of imide groups is 1. The first kappa shape index (κ1) is 25.0. The van der Waals surface area contributed by atoms with Crippen LogP contribution < -0.4 is 5.32 Å². The van der Waals surface area contributed by atoms with Crippen LogP contribution in [0.4, 0.5) is 0 Å². The van der Waals surface area contributed by atoms with Crippen LogP contribution in [0.2, 0.25) is 13.1 Å². The van der Waals surface area contributed by atoms with Crippen LogP contribution in [0.15, 0.2) is 12.0 Å². The molecule has 1 unspecified atom stereocenters. The molecule has 172 valence electrons. The SMILES string of the molecule is CC(=O)N1CC(=O)N/C(=C\c2ncn(CCC(O[SiH](C)C)C(C)(C)C)c2C(C)C)C1=O. The van der Waals surface area contributed by atoms with E-state index < -0.39 is 26.8 Å². The number of imidazole rings is 1. The van der Waals surface area contributed by atoms with Crippen molar-refractivity contribution in [2.24, 2.45) is 5.41 Å². The molecule has 1 aliphatic rings. The molecule has 31 heavy (non-hydrogen) atoms. The Morgan fingerprint density at radius 1 is 1.32 bits per heavy atom. The third-order valence-corrected chi connectivity index (χ3v) is 6.07. The zero-order valence-corrected chi connectivity index (χ0v) is 21.1. The summed E-state index contributed by atoms with van der Waals surface area (Å²) in [5.74, 6) is -1.21. The molecule has 0 radical (unpaired) electrons. The van der Waals surface area contributed by atoms with Crippen LogP contribution in [0.3, 0.4) is 0 Å². The number of aromatic nitrogens is 2. The van der Waals surface area contributed by atoms with E-state index in [4.69, 9.17) is 4.43 Å². The number of hydrogen-bond acceptors (Lipinski definition) is 5. The number of piperazine rings is 1. The summed E-state index contributed by atoms with van der Waals surface area (Å²) in [4.78, 5) is 41.7. The molecule has 1 fully saturated rings. The minimum atomic E-state index is -1.18. The standard InChI is InChI=1S/C22H36N4O4Si/c1-14(2)20-16(11-17-21(29)26(15(3)27)12-19(28)24-17)23-13-25(20)10-9-18(22(4,5)6)30-31(7)8/h11,13-14,18,31H,9-10,12H2,1-8H3,(H,24,28)/b17-11-. The topological polar surface area (TPSA) is 93.5 Å². The first-order valence-corrected chi connectivity index (χ1v) is 13.6. The third kappa shape index (κ3) is 6.36. The van der Waals surface area contributed by atoms with Crippen LogP contribution >= 0.6 is 0 Å². The molecule has 0 aromatic carbocycles. The molecule has 2 heterocycles. The fraction of sp³-hybridized carbons (Fsp3) is 0.636. The van der Waals surface area contributed by atoms with Crippen LogP contribution in [-0.2, 0) is 25.4 Å². The van der Waals surface area contributed by atoms with E-state index in [0.717, 1.165) is 23.6 Å². The maximum atomic E-state index is 12.6. The van der Waals surface area contributed by atoms with Gasteiger partial charge in [-0.3, -0.25) is 19.3 Å². The number of nitrogens with one attached hydrogen (secondary N) is 1. The normalized spacial score (nSPS) is 17.6. The lowest BCUT2D eigenvalue weighted by Gasteiger charge is -2.33. The van der Waals surface area contributed by atoms with E-state index in [0.29, 0.717) is 5.69 Å². The molecule has 8 nitrogen and oxygen atoms in total. The maximum absolute atomic E-state index is 12.6. The minimum absolute atomic E-state index is 0.0373. The second-order valence-electron chi connectivity index (χ2n) is 9.71. The highest BCUT2D eigenvalue weighted by atomic mass is 28.3. The molecule has 9 heteroatoms. The first-order valence-electron chi connectivity index (χ1n) is 10.9. The van der Waals surface area contributed by atoms with E-state index in [1.807, 2.05) is 0 Å². The highest BCUT2D eigenvalue weighted by molar-refractivity contribution is 6.48. The Bertz CT molecular complexity index is 867. The second-order valence-corrected chi connectivity index (χ2v) is 12.1. The van der Waals surface area contributed by atoms with E-state index in [1.165, 1.54) is 6.92 Å². The summed E-state index contributed by atoms with van der Waals surface area (Å²) in [5, 5.41) is 2.58. The average Bonchev–Trinajstić information content (AvgIpc) is 3.02. The zero-order chi connectivity index (χ0) is 23.5. The summed E-state index contributed by atoms with van der Waals surface area (Å²) < 4.78 is 8.38. The molecule has 0 spiro atoms. The van der Waals surface area contributed by atoms with Gasteiger partial charge in [0, 0.05) is 19.2 Å². The van der Waals surface area contributed by atoms with Gasteiger partial charge in [0.15, 0.2) is 9.04 Å². The fourth-order valence-electron chi connectivity index (χ4n) is 3.71. The highest BCUT2D eigenvalue weighted by Crippen LogP contribution is 2.28. The van der Waals surface area contributed by atoms with Gasteiger partial charge >= 0.3 is 0 Å². The molecule has 3 amide bonds. The van der Waals surface area contributed by atoms with Gasteiger partial charge in [-0.25, -0.2) is 4.98 Å². The van der Waals surface area contributed by atoms with Gasteiger partial charge in [0.2, 0.25) is 11.8 Å². The van der Waals surface area contributed by atoms with Crippen LogP contribution in [0.1, 0.15) is 65.3 Å². The number of hydrogen-bond donors (Lipinski definition) is 1. The number of amides is 3. The van der Waals surface area contributed by atoms with Crippen molar-refractivity contribution in [3.8, 4) is 0 Å². The Hall–Kier alpha value is -2.26. The summed E-state index contributed by atoms with van der Waals surface area (Å²) in [6, 6.07) is 0. The van der Waals surface area contributed by atoms with Gasteiger partial charge in [-0.2, -0.15) is 0 Å². The molecule has 1 aromatic rings. The summed E-state index contributed by atoms with van der Waals surface area (Å²) in [6.45, 7) is 16.8. The molecule has 0 saturated carbocycles. The predicted molar refractivity (Wildman–Crippen MR) is 123 cm³/mol. The summed E-state index contributed by atoms with van der Waals surface area (Å²) >= 11 is 0. The van der Waals surface area contributed by atoms with E-state index in [9.17, 15) is 14.4 Å². The second kappa shape index (κ2) is 9.91. The van der Waals surface area contributed by atoms with Gasteiger partial charge in [-0.1, -0.05) is 34.6 Å². The van der Waals surface area contributed by atoms with Gasteiger partial charge in [-0.15, -0.1) is 0 Å². The number of nitrogens with zero attached hydrogens (tertiary/aromatic N) is 3. The third-order valence-electron chi connectivity index (χ3n) is 5.20. The van der Waals surface area contributed by atoms with Crippen molar-refractivity contribution in [1.82, 2.24) is 19.8 Å². The average molecular weight is 449 g/mol. The molecule has 1 N–H and O–H groups in total. The Kier molecular flexibility index (Phi) is 7.99. The smallest absolute Gasteiger partial charge is 0.277 e. The van der Waals surface area contributed by atoms with Gasteiger partial charge in [0.1, 0.15) is 12.2 Å². The van der Waals surface area contributed by atoms with E-state index in [1.54, 1.807) is 12.4 Å². The van der Waals surface area contributed by atoms with Crippen molar-refractivity contribution in [3.63, 3.8) is 0 Å². The fourth-order valence-corrected chi connectivity index (χ4v) is 4.91. The van der Waals surface area contributed by atoms with Crippen molar-refractivity contribution in [1.29, 1.82) is 0 Å². The predicted octanol–water partition coefficient (Wildman–Crippen LogP) is 2.66. The lowest BCUT2D eigenvalue weighted by atomic mass is 9.87. The summed E-state index contributed by atoms with van der Waals surface area (Å²) in [7, 11) is -1.18. The molecular formula is C22H36N4O4Si. The minimum Gasteiger partial charge on any atom is -0.417 e. The number of aryl methyl sites for hydroxylation is 1. The van der Waals surface area contributed by atoms with Gasteiger partial charge < -0.3 is 14.3 Å². The van der Waals surface area contributed by atoms with Gasteiger partial charge in [0.25, 0.3) is 5.91 Å². The van der Waals surface area contributed by atoms with Crippen LogP contribution in [0.25, 0.3) is 6.08 Å². The number of carbonyl (C=O) groups is 3. The van der Waals surface area contributed by atoms with Gasteiger partial charge in [-0.05, 0) is 36.9 Å². The van der Waals surface area contributed by atoms with E-state index >= 15 is 0 Å². The Morgan fingerprint density at radius 2 is 1.97 bits per heavy atom. The van der Waals surface area contributed by atoms with Crippen molar-refractivity contribution < 1.29 is 18.8 Å². The van der Waals surface area contributed by atoms with E-state index in [-0.39, 0.29) is 29.7 Å². The maximum Gasteiger partial charge on any atom is 0.277 e. The number of rotatable bonds is 7. The lowest BCUT2D eigenvalue weighted by Crippen LogP contribution is -2.51. The highest BCUT2D eigenvalue weighted by Gasteiger charge is 2.31. The van der Waals surface area contributed by atoms with Crippen LogP contribution in [0.5, 0.6) is 0 Å². The van der Waals surface area contributed by atoms with Crippen LogP contribution in [0, 0.1) is 5.41 Å². The zero-order valence-electron chi connectivity index (χ0n) is 20.0. The van der Waals surface area contributed by atoms with Crippen molar-refractivity contribution in [2.45, 2.75) is 79.6 Å². The van der Waals surface area contributed by atoms with Gasteiger partial charge in [0.05, 0.1) is 18.1 Å². The molecule has 1 saturated heterocycles. The monoisotopic (exact) mass is 448 g/mol. The molecule has 1 atom stereocenters. The van der Waals surface area contributed by atoms with Crippen molar-refractivity contribution in [3.05, 3.63) is 23.4 Å². The largest absolute Gasteiger partial charge is 0.417 e. The Morgan fingerprint density at radius 3 is 2.48 bits per heavy atom. The molecular weight excluding hydrogens is 412 g/mol.